The summed E-state index contributed by atoms with van der Waals surface area (Å²) >= 11 is 0. The van der Waals surface area contributed by atoms with Crippen LogP contribution in [0, 0.1) is 25.2 Å². The maximum atomic E-state index is 12.4. The number of fused-ring (bicyclic) bond motifs is 1. The molecule has 1 N–H and O–H groups in total. The summed E-state index contributed by atoms with van der Waals surface area (Å²) in [6.07, 6.45) is 1.91. The van der Waals surface area contributed by atoms with Gasteiger partial charge >= 0.3 is 0 Å². The Morgan fingerprint density at radius 2 is 2.09 bits per heavy atom. The highest BCUT2D eigenvalue weighted by Gasteiger charge is 2.12. The molecule has 5 heteroatoms. The monoisotopic (exact) mass is 290 g/mol. The number of hydrogen-bond acceptors (Lipinski definition) is 3. The van der Waals surface area contributed by atoms with Gasteiger partial charge in [0, 0.05) is 17.5 Å². The summed E-state index contributed by atoms with van der Waals surface area (Å²) in [4.78, 5) is 16.8. The maximum absolute atomic E-state index is 12.4. The molecular weight excluding hydrogens is 276 g/mol. The summed E-state index contributed by atoms with van der Waals surface area (Å²) in [5.41, 5.74) is 4.22. The molecule has 1 amide bonds. The molecular formula is C17H14N4O. The zero-order valence-electron chi connectivity index (χ0n) is 12.3. The molecule has 0 fully saturated rings. The Morgan fingerprint density at radius 1 is 1.27 bits per heavy atom. The molecule has 0 radical (unpaired) electrons. The van der Waals surface area contributed by atoms with E-state index in [-0.39, 0.29) is 5.91 Å². The number of imidazole rings is 1. The van der Waals surface area contributed by atoms with Crippen LogP contribution in [0.4, 0.5) is 5.69 Å². The molecule has 3 aromatic rings. The van der Waals surface area contributed by atoms with Gasteiger partial charge in [0.1, 0.15) is 0 Å². The lowest BCUT2D eigenvalue weighted by Gasteiger charge is -2.07. The topological polar surface area (TPSA) is 70.2 Å². The van der Waals surface area contributed by atoms with Crippen molar-refractivity contribution in [2.24, 2.45) is 0 Å². The van der Waals surface area contributed by atoms with Gasteiger partial charge in [-0.2, -0.15) is 5.26 Å². The molecule has 0 aliphatic heterocycles. The summed E-state index contributed by atoms with van der Waals surface area (Å²) in [6.45, 7) is 3.92. The molecule has 0 saturated carbocycles. The van der Waals surface area contributed by atoms with E-state index >= 15 is 0 Å². The van der Waals surface area contributed by atoms with Gasteiger partial charge in [0.2, 0.25) is 0 Å². The molecule has 2 heterocycles. The van der Waals surface area contributed by atoms with Crippen molar-refractivity contribution in [1.29, 1.82) is 5.26 Å². The van der Waals surface area contributed by atoms with Gasteiger partial charge in [-0.05, 0) is 44.2 Å². The minimum Gasteiger partial charge on any atom is -0.319 e. The molecule has 0 saturated heterocycles. The Bertz CT molecular complexity index is 918. The van der Waals surface area contributed by atoms with Crippen LogP contribution in [0.25, 0.3) is 5.65 Å². The number of benzene rings is 1. The molecule has 0 atom stereocenters. The number of carbonyl (C=O) groups is 1. The van der Waals surface area contributed by atoms with Crippen LogP contribution in [0.2, 0.25) is 0 Å². The van der Waals surface area contributed by atoms with Crippen molar-refractivity contribution in [3.05, 3.63) is 65.1 Å². The fourth-order valence-corrected chi connectivity index (χ4v) is 2.32. The second-order valence-corrected chi connectivity index (χ2v) is 5.04. The average molecular weight is 290 g/mol. The number of carbonyl (C=O) groups excluding carboxylic acids is 1. The largest absolute Gasteiger partial charge is 0.319 e. The molecule has 22 heavy (non-hydrogen) atoms. The van der Waals surface area contributed by atoms with E-state index in [1.807, 2.05) is 42.6 Å². The van der Waals surface area contributed by atoms with Crippen molar-refractivity contribution in [1.82, 2.24) is 9.38 Å². The molecule has 0 bridgehead atoms. The van der Waals surface area contributed by atoms with Crippen molar-refractivity contribution in [3.8, 4) is 6.07 Å². The first-order valence-corrected chi connectivity index (χ1v) is 6.86. The third-order valence-electron chi connectivity index (χ3n) is 3.63. The highest BCUT2D eigenvalue weighted by Crippen LogP contribution is 2.20. The van der Waals surface area contributed by atoms with E-state index < -0.39 is 0 Å². The fourth-order valence-electron chi connectivity index (χ4n) is 2.32. The number of nitriles is 1. The SMILES string of the molecule is Cc1nc2c(NC(=O)c3cccc(C#N)c3)cccn2c1C. The Kier molecular flexibility index (Phi) is 3.36. The van der Waals surface area contributed by atoms with E-state index in [0.717, 1.165) is 11.4 Å². The van der Waals surface area contributed by atoms with Crippen molar-refractivity contribution in [2.75, 3.05) is 5.32 Å². The van der Waals surface area contributed by atoms with Gasteiger partial charge < -0.3 is 9.72 Å². The number of hydrogen-bond donors (Lipinski definition) is 1. The van der Waals surface area contributed by atoms with Gasteiger partial charge in [-0.25, -0.2) is 4.98 Å². The lowest BCUT2D eigenvalue weighted by Crippen LogP contribution is -2.13. The van der Waals surface area contributed by atoms with Crippen LogP contribution in [-0.4, -0.2) is 15.3 Å². The van der Waals surface area contributed by atoms with Gasteiger partial charge in [-0.1, -0.05) is 6.07 Å². The van der Waals surface area contributed by atoms with Crippen molar-refractivity contribution >= 4 is 17.2 Å². The standard InChI is InChI=1S/C17H14N4O/c1-11-12(2)21-8-4-7-15(16(21)19-11)20-17(22)14-6-3-5-13(9-14)10-18/h3-9H,1-2H3,(H,20,22). The van der Waals surface area contributed by atoms with Crippen LogP contribution in [0.5, 0.6) is 0 Å². The van der Waals surface area contributed by atoms with E-state index in [2.05, 4.69) is 10.3 Å². The number of aryl methyl sites for hydroxylation is 2. The number of amides is 1. The van der Waals surface area contributed by atoms with Crippen LogP contribution in [-0.2, 0) is 0 Å². The quantitative estimate of drug-likeness (QED) is 0.788. The number of rotatable bonds is 2. The number of aromatic nitrogens is 2. The Hall–Kier alpha value is -3.13. The molecule has 5 nitrogen and oxygen atoms in total. The molecule has 1 aromatic carbocycles. The average Bonchev–Trinajstić information content (AvgIpc) is 2.84. The second-order valence-electron chi connectivity index (χ2n) is 5.04. The van der Waals surface area contributed by atoms with Gasteiger partial charge in [-0.15, -0.1) is 0 Å². The van der Waals surface area contributed by atoms with E-state index in [0.29, 0.717) is 22.5 Å². The second kappa shape index (κ2) is 5.34. The Balaban J connectivity index is 1.98. The smallest absolute Gasteiger partial charge is 0.255 e. The van der Waals surface area contributed by atoms with E-state index in [4.69, 9.17) is 5.26 Å². The van der Waals surface area contributed by atoms with Crippen LogP contribution < -0.4 is 5.32 Å². The third kappa shape index (κ3) is 2.31. The van der Waals surface area contributed by atoms with Crippen LogP contribution >= 0.6 is 0 Å². The molecule has 0 spiro atoms. The molecule has 2 aromatic heterocycles. The summed E-state index contributed by atoms with van der Waals surface area (Å²) in [5.74, 6) is -0.261. The predicted molar refractivity (Wildman–Crippen MR) is 83.8 cm³/mol. The lowest BCUT2D eigenvalue weighted by molar-refractivity contribution is 0.102. The minimum atomic E-state index is -0.261. The first-order chi connectivity index (χ1) is 10.6. The Labute approximate surface area is 127 Å². The van der Waals surface area contributed by atoms with Crippen molar-refractivity contribution in [3.63, 3.8) is 0 Å². The summed E-state index contributed by atoms with van der Waals surface area (Å²) in [6, 6.07) is 12.3. The fraction of sp³-hybridized carbons (Fsp3) is 0.118. The Morgan fingerprint density at radius 3 is 2.86 bits per heavy atom. The number of anilines is 1. The zero-order chi connectivity index (χ0) is 15.7. The highest BCUT2D eigenvalue weighted by atomic mass is 16.1. The van der Waals surface area contributed by atoms with Gasteiger partial charge in [0.05, 0.1) is 23.0 Å². The number of nitrogens with zero attached hydrogens (tertiary/aromatic N) is 3. The normalized spacial score (nSPS) is 10.4. The maximum Gasteiger partial charge on any atom is 0.255 e. The van der Waals surface area contributed by atoms with E-state index in [1.165, 1.54) is 0 Å². The van der Waals surface area contributed by atoms with Crippen molar-refractivity contribution < 1.29 is 4.79 Å². The molecule has 0 unspecified atom stereocenters. The molecule has 0 aliphatic carbocycles. The van der Waals surface area contributed by atoms with E-state index in [1.54, 1.807) is 24.3 Å². The molecule has 108 valence electrons. The first kappa shape index (κ1) is 13.8. The van der Waals surface area contributed by atoms with Gasteiger partial charge in [0.15, 0.2) is 5.65 Å². The molecule has 3 rings (SSSR count). The summed E-state index contributed by atoms with van der Waals surface area (Å²) < 4.78 is 1.94. The first-order valence-electron chi connectivity index (χ1n) is 6.86. The van der Waals surface area contributed by atoms with Crippen LogP contribution in [0.15, 0.2) is 42.6 Å². The van der Waals surface area contributed by atoms with Crippen LogP contribution in [0.1, 0.15) is 27.3 Å². The van der Waals surface area contributed by atoms with Crippen LogP contribution in [0.3, 0.4) is 0 Å². The highest BCUT2D eigenvalue weighted by molar-refractivity contribution is 6.06. The predicted octanol–water partition coefficient (Wildman–Crippen LogP) is 3.08. The lowest BCUT2D eigenvalue weighted by atomic mass is 10.1. The number of nitrogens with one attached hydrogen (secondary N) is 1. The minimum absolute atomic E-state index is 0.261. The number of pyridine rings is 1. The van der Waals surface area contributed by atoms with E-state index in [9.17, 15) is 4.79 Å². The molecule has 0 aliphatic rings. The van der Waals surface area contributed by atoms with Crippen molar-refractivity contribution in [2.45, 2.75) is 13.8 Å². The zero-order valence-corrected chi connectivity index (χ0v) is 12.3. The van der Waals surface area contributed by atoms with Gasteiger partial charge in [0.25, 0.3) is 5.91 Å². The summed E-state index contributed by atoms with van der Waals surface area (Å²) in [5, 5.41) is 11.8. The summed E-state index contributed by atoms with van der Waals surface area (Å²) in [7, 11) is 0. The third-order valence-corrected chi connectivity index (χ3v) is 3.63. The van der Waals surface area contributed by atoms with Gasteiger partial charge in [-0.3, -0.25) is 4.79 Å².